The summed E-state index contributed by atoms with van der Waals surface area (Å²) in [7, 11) is 0. The standard InChI is InChI=1S/C18H11BrF3N5/c19-11-4-6-12(7-5-11)24-13-8-9-23-17(25-13)15-16(18(20,21)22)26-14-3-1-2-10-27(14)15/h1-10H,(H,23,24,25). The Morgan fingerprint density at radius 2 is 1.74 bits per heavy atom. The van der Waals surface area contributed by atoms with Gasteiger partial charge in [-0.2, -0.15) is 13.2 Å². The van der Waals surface area contributed by atoms with E-state index < -0.39 is 11.9 Å². The van der Waals surface area contributed by atoms with Gasteiger partial charge in [-0.1, -0.05) is 22.0 Å². The van der Waals surface area contributed by atoms with Gasteiger partial charge in [0.15, 0.2) is 11.5 Å². The maximum Gasteiger partial charge on any atom is 0.435 e. The molecular formula is C18H11BrF3N5. The molecule has 3 aromatic heterocycles. The minimum Gasteiger partial charge on any atom is -0.340 e. The predicted octanol–water partition coefficient (Wildman–Crippen LogP) is 5.32. The summed E-state index contributed by atoms with van der Waals surface area (Å²) < 4.78 is 42.8. The Labute approximate surface area is 160 Å². The second-order valence-electron chi connectivity index (χ2n) is 5.63. The third kappa shape index (κ3) is 3.50. The van der Waals surface area contributed by atoms with Gasteiger partial charge in [-0.05, 0) is 42.5 Å². The number of aromatic nitrogens is 4. The van der Waals surface area contributed by atoms with Gasteiger partial charge in [0, 0.05) is 22.6 Å². The van der Waals surface area contributed by atoms with E-state index >= 15 is 0 Å². The molecule has 0 spiro atoms. The first-order valence-corrected chi connectivity index (χ1v) is 8.61. The molecule has 4 aromatic rings. The van der Waals surface area contributed by atoms with E-state index in [1.54, 1.807) is 18.2 Å². The minimum absolute atomic E-state index is 0.0665. The van der Waals surface area contributed by atoms with Crippen molar-refractivity contribution in [3.8, 4) is 11.5 Å². The number of nitrogens with one attached hydrogen (secondary N) is 1. The number of anilines is 2. The lowest BCUT2D eigenvalue weighted by Gasteiger charge is -2.09. The number of halogens is 4. The second kappa shape index (κ2) is 6.66. The van der Waals surface area contributed by atoms with Crippen LogP contribution in [0.2, 0.25) is 0 Å². The van der Waals surface area contributed by atoms with Crippen molar-refractivity contribution in [3.05, 3.63) is 71.1 Å². The van der Waals surface area contributed by atoms with Crippen LogP contribution in [0.1, 0.15) is 5.69 Å². The van der Waals surface area contributed by atoms with Gasteiger partial charge in [-0.25, -0.2) is 15.0 Å². The Kier molecular flexibility index (Phi) is 4.31. The van der Waals surface area contributed by atoms with Gasteiger partial charge in [0.1, 0.15) is 17.2 Å². The molecule has 0 atom stereocenters. The van der Waals surface area contributed by atoms with E-state index in [1.165, 1.54) is 22.9 Å². The van der Waals surface area contributed by atoms with E-state index in [1.807, 2.05) is 24.3 Å². The van der Waals surface area contributed by atoms with Gasteiger partial charge < -0.3 is 5.32 Å². The van der Waals surface area contributed by atoms with Gasteiger partial charge in [0.25, 0.3) is 0 Å². The fourth-order valence-electron chi connectivity index (χ4n) is 2.63. The topological polar surface area (TPSA) is 55.1 Å². The molecule has 3 heterocycles. The zero-order chi connectivity index (χ0) is 19.0. The summed E-state index contributed by atoms with van der Waals surface area (Å²) >= 11 is 3.35. The molecule has 0 saturated heterocycles. The van der Waals surface area contributed by atoms with E-state index in [4.69, 9.17) is 0 Å². The van der Waals surface area contributed by atoms with Crippen molar-refractivity contribution in [1.82, 2.24) is 19.4 Å². The molecular weight excluding hydrogens is 423 g/mol. The number of imidazole rings is 1. The number of benzene rings is 1. The maximum atomic E-state index is 13.5. The highest BCUT2D eigenvalue weighted by molar-refractivity contribution is 9.10. The second-order valence-corrected chi connectivity index (χ2v) is 6.55. The molecule has 0 fully saturated rings. The molecule has 0 amide bonds. The first-order valence-electron chi connectivity index (χ1n) is 7.82. The fraction of sp³-hybridized carbons (Fsp3) is 0.0556. The summed E-state index contributed by atoms with van der Waals surface area (Å²) in [4.78, 5) is 12.0. The molecule has 1 N–H and O–H groups in total. The van der Waals surface area contributed by atoms with Crippen molar-refractivity contribution >= 4 is 33.1 Å². The highest BCUT2D eigenvalue weighted by atomic mass is 79.9. The van der Waals surface area contributed by atoms with E-state index in [0.717, 1.165) is 10.2 Å². The number of nitrogens with zero attached hydrogens (tertiary/aromatic N) is 4. The first kappa shape index (κ1) is 17.5. The lowest BCUT2D eigenvalue weighted by atomic mass is 10.3. The van der Waals surface area contributed by atoms with E-state index in [0.29, 0.717) is 5.82 Å². The largest absolute Gasteiger partial charge is 0.435 e. The Bertz CT molecular complexity index is 1110. The zero-order valence-electron chi connectivity index (χ0n) is 13.6. The number of pyridine rings is 1. The number of hydrogen-bond donors (Lipinski definition) is 1. The lowest BCUT2D eigenvalue weighted by molar-refractivity contribution is -0.140. The number of hydrogen-bond acceptors (Lipinski definition) is 4. The first-order chi connectivity index (χ1) is 12.9. The molecule has 0 unspecified atom stereocenters. The van der Waals surface area contributed by atoms with E-state index in [-0.39, 0.29) is 17.2 Å². The van der Waals surface area contributed by atoms with Crippen LogP contribution in [0.4, 0.5) is 24.7 Å². The summed E-state index contributed by atoms with van der Waals surface area (Å²) in [6, 6.07) is 13.7. The SMILES string of the molecule is FC(F)(F)c1nc2ccccn2c1-c1nccc(Nc2ccc(Br)cc2)n1. The maximum absolute atomic E-state index is 13.5. The molecule has 136 valence electrons. The molecule has 0 aliphatic rings. The van der Waals surface area contributed by atoms with Crippen LogP contribution in [0.5, 0.6) is 0 Å². The van der Waals surface area contributed by atoms with Gasteiger partial charge in [-0.15, -0.1) is 0 Å². The molecule has 0 aliphatic carbocycles. The molecule has 0 radical (unpaired) electrons. The fourth-order valence-corrected chi connectivity index (χ4v) is 2.89. The third-order valence-corrected chi connectivity index (χ3v) is 4.31. The van der Waals surface area contributed by atoms with Crippen molar-refractivity contribution in [2.75, 3.05) is 5.32 Å². The van der Waals surface area contributed by atoms with Crippen LogP contribution in [0, 0.1) is 0 Å². The molecule has 5 nitrogen and oxygen atoms in total. The Morgan fingerprint density at radius 3 is 2.48 bits per heavy atom. The highest BCUT2D eigenvalue weighted by Crippen LogP contribution is 2.36. The summed E-state index contributed by atoms with van der Waals surface area (Å²) in [6.07, 6.45) is -1.71. The zero-order valence-corrected chi connectivity index (χ0v) is 15.2. The quantitative estimate of drug-likeness (QED) is 0.475. The Morgan fingerprint density at radius 1 is 0.963 bits per heavy atom. The third-order valence-electron chi connectivity index (χ3n) is 3.78. The van der Waals surface area contributed by atoms with Crippen molar-refractivity contribution in [2.45, 2.75) is 6.18 Å². The Hall–Kier alpha value is -2.94. The Balaban J connectivity index is 1.81. The summed E-state index contributed by atoms with van der Waals surface area (Å²) in [6.45, 7) is 0. The number of fused-ring (bicyclic) bond motifs is 1. The van der Waals surface area contributed by atoms with Crippen molar-refractivity contribution < 1.29 is 13.2 Å². The van der Waals surface area contributed by atoms with Crippen LogP contribution in [0.3, 0.4) is 0 Å². The predicted molar refractivity (Wildman–Crippen MR) is 98.6 cm³/mol. The minimum atomic E-state index is -4.63. The average molecular weight is 434 g/mol. The van der Waals surface area contributed by atoms with Crippen LogP contribution in [-0.2, 0) is 6.18 Å². The summed E-state index contributed by atoms with van der Waals surface area (Å²) in [5, 5.41) is 3.06. The van der Waals surface area contributed by atoms with Crippen molar-refractivity contribution in [1.29, 1.82) is 0 Å². The monoisotopic (exact) mass is 433 g/mol. The average Bonchev–Trinajstić information content (AvgIpc) is 3.04. The smallest absolute Gasteiger partial charge is 0.340 e. The summed E-state index contributed by atoms with van der Waals surface area (Å²) in [5.41, 5.74) is -0.293. The molecule has 27 heavy (non-hydrogen) atoms. The van der Waals surface area contributed by atoms with E-state index in [2.05, 4.69) is 36.2 Å². The molecule has 4 rings (SSSR count). The molecule has 0 aliphatic heterocycles. The molecule has 0 bridgehead atoms. The lowest BCUT2D eigenvalue weighted by Crippen LogP contribution is -2.09. The van der Waals surface area contributed by atoms with Crippen LogP contribution in [0.25, 0.3) is 17.2 Å². The number of rotatable bonds is 3. The molecule has 1 aromatic carbocycles. The summed E-state index contributed by atoms with van der Waals surface area (Å²) in [5.74, 6) is 0.310. The van der Waals surface area contributed by atoms with Crippen LogP contribution < -0.4 is 5.32 Å². The van der Waals surface area contributed by atoms with Gasteiger partial charge >= 0.3 is 6.18 Å². The van der Waals surface area contributed by atoms with Gasteiger partial charge in [0.2, 0.25) is 0 Å². The van der Waals surface area contributed by atoms with Crippen LogP contribution >= 0.6 is 15.9 Å². The highest BCUT2D eigenvalue weighted by Gasteiger charge is 2.39. The van der Waals surface area contributed by atoms with Crippen molar-refractivity contribution in [2.24, 2.45) is 0 Å². The molecule has 0 saturated carbocycles. The van der Waals surface area contributed by atoms with Crippen molar-refractivity contribution in [3.63, 3.8) is 0 Å². The molecule has 9 heteroatoms. The van der Waals surface area contributed by atoms with Gasteiger partial charge in [-0.3, -0.25) is 4.40 Å². The normalized spacial score (nSPS) is 11.7. The number of alkyl halides is 3. The van der Waals surface area contributed by atoms with E-state index in [9.17, 15) is 13.2 Å². The van der Waals surface area contributed by atoms with Crippen LogP contribution in [-0.4, -0.2) is 19.4 Å². The van der Waals surface area contributed by atoms with Gasteiger partial charge in [0.05, 0.1) is 0 Å². The van der Waals surface area contributed by atoms with Crippen LogP contribution in [0.15, 0.2) is 65.4 Å².